The van der Waals surface area contributed by atoms with Crippen LogP contribution in [0, 0.1) is 0 Å². The maximum Gasteiger partial charge on any atom is 0.417 e. The first kappa shape index (κ1) is 24.3. The van der Waals surface area contributed by atoms with Crippen molar-refractivity contribution in [2.24, 2.45) is 0 Å². The van der Waals surface area contributed by atoms with Crippen LogP contribution in [0.3, 0.4) is 0 Å². The van der Waals surface area contributed by atoms with Crippen LogP contribution in [0.1, 0.15) is 27.0 Å². The number of piperazine rings is 1. The lowest BCUT2D eigenvalue weighted by Crippen LogP contribution is -2.45. The molecule has 1 aliphatic heterocycles. The molecule has 3 aromatic rings. The van der Waals surface area contributed by atoms with Crippen molar-refractivity contribution in [1.82, 2.24) is 9.80 Å². The summed E-state index contributed by atoms with van der Waals surface area (Å²) in [6, 6.07) is 20.9. The zero-order valence-corrected chi connectivity index (χ0v) is 19.2. The van der Waals surface area contributed by atoms with E-state index in [1.807, 2.05) is 18.2 Å². The molecule has 0 radical (unpaired) electrons. The number of nitrogens with one attached hydrogen (secondary N) is 1. The van der Waals surface area contributed by atoms with Crippen molar-refractivity contribution in [1.29, 1.82) is 0 Å². The maximum absolute atomic E-state index is 13.0. The summed E-state index contributed by atoms with van der Waals surface area (Å²) >= 11 is 5.64. The second-order valence-electron chi connectivity index (χ2n) is 8.38. The number of carbonyl (C=O) groups excluding carboxylic acids is 1. The third-order valence-electron chi connectivity index (χ3n) is 5.87. The van der Waals surface area contributed by atoms with E-state index < -0.39 is 22.7 Å². The highest BCUT2D eigenvalue weighted by molar-refractivity contribution is 6.31. The molecule has 4 nitrogen and oxygen atoms in total. The van der Waals surface area contributed by atoms with Crippen LogP contribution >= 0.6 is 11.6 Å². The largest absolute Gasteiger partial charge is 0.417 e. The number of amides is 1. The van der Waals surface area contributed by atoms with Gasteiger partial charge in [-0.1, -0.05) is 54.1 Å². The van der Waals surface area contributed by atoms with E-state index in [-0.39, 0.29) is 5.69 Å². The van der Waals surface area contributed by atoms with Gasteiger partial charge < -0.3 is 5.32 Å². The minimum absolute atomic E-state index is 0.0409. The van der Waals surface area contributed by atoms with Crippen LogP contribution in [0.4, 0.5) is 18.9 Å². The van der Waals surface area contributed by atoms with Gasteiger partial charge in [-0.2, -0.15) is 13.2 Å². The molecule has 0 atom stereocenters. The minimum Gasteiger partial charge on any atom is -0.322 e. The van der Waals surface area contributed by atoms with Crippen molar-refractivity contribution in [2.45, 2.75) is 19.3 Å². The molecule has 178 valence electrons. The number of nitrogens with zero attached hydrogens (tertiary/aromatic N) is 2. The monoisotopic (exact) mass is 487 g/mol. The molecule has 0 unspecified atom stereocenters. The molecule has 1 amide bonds. The number of benzene rings is 3. The van der Waals surface area contributed by atoms with E-state index in [9.17, 15) is 18.0 Å². The molecule has 0 aromatic heterocycles. The van der Waals surface area contributed by atoms with Crippen molar-refractivity contribution in [3.8, 4) is 0 Å². The molecule has 0 saturated carbocycles. The summed E-state index contributed by atoms with van der Waals surface area (Å²) in [7, 11) is 0. The van der Waals surface area contributed by atoms with Crippen LogP contribution in [-0.4, -0.2) is 41.9 Å². The van der Waals surface area contributed by atoms with Crippen molar-refractivity contribution < 1.29 is 18.0 Å². The average molecular weight is 488 g/mol. The fraction of sp³-hybridized carbons (Fsp3) is 0.269. The summed E-state index contributed by atoms with van der Waals surface area (Å²) in [5.41, 5.74) is 1.84. The minimum atomic E-state index is -4.59. The van der Waals surface area contributed by atoms with Gasteiger partial charge in [0.1, 0.15) is 0 Å². The van der Waals surface area contributed by atoms with Gasteiger partial charge in [-0.25, -0.2) is 0 Å². The zero-order chi connectivity index (χ0) is 24.1. The molecule has 0 aliphatic carbocycles. The molecule has 34 heavy (non-hydrogen) atoms. The summed E-state index contributed by atoms with van der Waals surface area (Å²) in [5, 5.41) is 2.10. The fourth-order valence-electron chi connectivity index (χ4n) is 3.99. The molecular formula is C26H25ClF3N3O. The third-order valence-corrected chi connectivity index (χ3v) is 6.20. The Hall–Kier alpha value is -2.87. The van der Waals surface area contributed by atoms with Crippen molar-refractivity contribution in [3.05, 3.63) is 100 Å². The molecule has 1 N–H and O–H groups in total. The molecule has 1 heterocycles. The number of hydrogen-bond acceptors (Lipinski definition) is 3. The van der Waals surface area contributed by atoms with E-state index in [2.05, 4.69) is 39.4 Å². The Balaban J connectivity index is 1.29. The first-order valence-electron chi connectivity index (χ1n) is 11.0. The van der Waals surface area contributed by atoms with Gasteiger partial charge in [0, 0.05) is 50.5 Å². The summed E-state index contributed by atoms with van der Waals surface area (Å²) < 4.78 is 39.1. The topological polar surface area (TPSA) is 35.6 Å². The Kier molecular flexibility index (Phi) is 7.56. The van der Waals surface area contributed by atoms with Crippen LogP contribution in [0.2, 0.25) is 5.02 Å². The van der Waals surface area contributed by atoms with Gasteiger partial charge >= 0.3 is 6.18 Å². The van der Waals surface area contributed by atoms with Crippen LogP contribution in [0.25, 0.3) is 0 Å². The normalized spacial score (nSPS) is 15.3. The smallest absolute Gasteiger partial charge is 0.322 e. The lowest BCUT2D eigenvalue weighted by Gasteiger charge is -2.34. The highest BCUT2D eigenvalue weighted by Crippen LogP contribution is 2.36. The van der Waals surface area contributed by atoms with E-state index in [0.717, 1.165) is 57.0 Å². The van der Waals surface area contributed by atoms with Gasteiger partial charge in [0.15, 0.2) is 0 Å². The molecule has 0 spiro atoms. The van der Waals surface area contributed by atoms with E-state index in [1.54, 1.807) is 12.1 Å². The Morgan fingerprint density at radius 3 is 1.94 bits per heavy atom. The zero-order valence-electron chi connectivity index (χ0n) is 18.5. The van der Waals surface area contributed by atoms with E-state index in [0.29, 0.717) is 5.56 Å². The van der Waals surface area contributed by atoms with Crippen molar-refractivity contribution >= 4 is 23.2 Å². The van der Waals surface area contributed by atoms with Crippen molar-refractivity contribution in [2.75, 3.05) is 31.5 Å². The molecular weight excluding hydrogens is 463 g/mol. The highest BCUT2D eigenvalue weighted by Gasteiger charge is 2.33. The Labute approximate surface area is 201 Å². The van der Waals surface area contributed by atoms with Crippen molar-refractivity contribution in [3.63, 3.8) is 0 Å². The summed E-state index contributed by atoms with van der Waals surface area (Å²) in [5.74, 6) is -0.475. The lowest BCUT2D eigenvalue weighted by atomic mass is 10.1. The molecule has 4 rings (SSSR count). The van der Waals surface area contributed by atoms with E-state index in [4.69, 9.17) is 11.6 Å². The molecule has 0 bridgehead atoms. The van der Waals surface area contributed by atoms with Gasteiger partial charge in [0.25, 0.3) is 5.91 Å². The summed E-state index contributed by atoms with van der Waals surface area (Å²) in [4.78, 5) is 17.3. The average Bonchev–Trinajstić information content (AvgIpc) is 2.82. The number of halogens is 4. The second kappa shape index (κ2) is 10.6. The Morgan fingerprint density at radius 2 is 1.38 bits per heavy atom. The van der Waals surface area contributed by atoms with E-state index >= 15 is 0 Å². The number of carbonyl (C=O) groups is 1. The first-order valence-corrected chi connectivity index (χ1v) is 11.4. The number of rotatable bonds is 6. The number of hydrogen-bond donors (Lipinski definition) is 1. The SMILES string of the molecule is O=C(Nc1ccc(Cl)c(C(F)(F)F)c1)c1ccc(CN2CCN(Cc3ccccc3)CC2)cc1. The quantitative estimate of drug-likeness (QED) is 0.468. The predicted molar refractivity (Wildman–Crippen MR) is 128 cm³/mol. The maximum atomic E-state index is 13.0. The van der Waals surface area contributed by atoms with Gasteiger partial charge in [0.2, 0.25) is 0 Å². The summed E-state index contributed by atoms with van der Waals surface area (Å²) in [6.45, 7) is 5.66. The first-order chi connectivity index (χ1) is 16.3. The Morgan fingerprint density at radius 1 is 0.824 bits per heavy atom. The van der Waals surface area contributed by atoms with E-state index in [1.165, 1.54) is 11.6 Å². The lowest BCUT2D eigenvalue weighted by molar-refractivity contribution is -0.137. The van der Waals surface area contributed by atoms with Gasteiger partial charge in [-0.3, -0.25) is 14.6 Å². The number of alkyl halides is 3. The third kappa shape index (κ3) is 6.38. The van der Waals surface area contributed by atoms with Crippen LogP contribution in [0.15, 0.2) is 72.8 Å². The van der Waals surface area contributed by atoms with Gasteiger partial charge in [-0.05, 0) is 41.5 Å². The van der Waals surface area contributed by atoms with Gasteiger partial charge in [-0.15, -0.1) is 0 Å². The van der Waals surface area contributed by atoms with Gasteiger partial charge in [0.05, 0.1) is 10.6 Å². The molecule has 3 aromatic carbocycles. The standard InChI is InChI=1S/C26H25ClF3N3O/c27-24-11-10-22(16-23(24)26(28,29)30)31-25(34)21-8-6-20(7-9-21)18-33-14-12-32(13-15-33)17-19-4-2-1-3-5-19/h1-11,16H,12-15,17-18H2,(H,31,34). The predicted octanol–water partition coefficient (Wildman–Crippen LogP) is 5.93. The summed E-state index contributed by atoms with van der Waals surface area (Å²) in [6.07, 6.45) is -4.59. The molecule has 1 aliphatic rings. The number of anilines is 1. The van der Waals surface area contributed by atoms with Crippen LogP contribution < -0.4 is 5.32 Å². The molecule has 8 heteroatoms. The Bertz CT molecular complexity index is 1110. The highest BCUT2D eigenvalue weighted by atomic mass is 35.5. The van der Waals surface area contributed by atoms with Crippen LogP contribution in [-0.2, 0) is 19.3 Å². The fourth-order valence-corrected chi connectivity index (χ4v) is 4.22. The second-order valence-corrected chi connectivity index (χ2v) is 8.79. The molecule has 1 saturated heterocycles. The van der Waals surface area contributed by atoms with Crippen LogP contribution in [0.5, 0.6) is 0 Å². The molecule has 1 fully saturated rings.